The first-order chi connectivity index (χ1) is 12.1. The second-order valence-corrected chi connectivity index (χ2v) is 5.93. The molecule has 0 saturated carbocycles. The lowest BCUT2D eigenvalue weighted by Crippen LogP contribution is -2.13. The van der Waals surface area contributed by atoms with Gasteiger partial charge in [-0.1, -0.05) is 36.8 Å². The number of rotatable bonds is 5. The predicted octanol–water partition coefficient (Wildman–Crippen LogP) is 4.95. The summed E-state index contributed by atoms with van der Waals surface area (Å²) < 4.78 is 0. The number of amides is 1. The van der Waals surface area contributed by atoms with Gasteiger partial charge < -0.3 is 10.6 Å². The number of benzene rings is 2. The summed E-state index contributed by atoms with van der Waals surface area (Å²) in [4.78, 5) is 16.5. The van der Waals surface area contributed by atoms with Crippen LogP contribution in [0, 0.1) is 6.92 Å². The molecule has 0 spiro atoms. The fourth-order valence-corrected chi connectivity index (χ4v) is 2.51. The number of pyridine rings is 1. The van der Waals surface area contributed by atoms with E-state index in [1.165, 1.54) is 5.56 Å². The zero-order valence-electron chi connectivity index (χ0n) is 14.4. The lowest BCUT2D eigenvalue weighted by Gasteiger charge is -2.09. The van der Waals surface area contributed by atoms with Crippen LogP contribution in [0.25, 0.3) is 0 Å². The van der Waals surface area contributed by atoms with Crippen LogP contribution in [0.5, 0.6) is 0 Å². The van der Waals surface area contributed by atoms with E-state index in [-0.39, 0.29) is 5.91 Å². The highest BCUT2D eigenvalue weighted by Crippen LogP contribution is 2.18. The molecule has 126 valence electrons. The van der Waals surface area contributed by atoms with Gasteiger partial charge in [0.2, 0.25) is 0 Å². The van der Waals surface area contributed by atoms with E-state index in [9.17, 15) is 4.79 Å². The fraction of sp³-hybridized carbons (Fsp3) is 0.143. The molecule has 0 aliphatic rings. The topological polar surface area (TPSA) is 54.0 Å². The number of aromatic nitrogens is 1. The van der Waals surface area contributed by atoms with Crippen molar-refractivity contribution in [3.8, 4) is 0 Å². The van der Waals surface area contributed by atoms with Crippen LogP contribution < -0.4 is 10.6 Å². The number of hydrogen-bond donors (Lipinski definition) is 2. The molecule has 1 amide bonds. The van der Waals surface area contributed by atoms with Crippen LogP contribution in [0.2, 0.25) is 0 Å². The first kappa shape index (κ1) is 16.7. The van der Waals surface area contributed by atoms with Gasteiger partial charge in [0.05, 0.1) is 11.9 Å². The van der Waals surface area contributed by atoms with E-state index in [1.807, 2.05) is 43.3 Å². The van der Waals surface area contributed by atoms with Crippen LogP contribution in [0.3, 0.4) is 0 Å². The minimum Gasteiger partial charge on any atom is -0.354 e. The molecule has 0 saturated heterocycles. The van der Waals surface area contributed by atoms with E-state index in [0.29, 0.717) is 11.4 Å². The number of anilines is 3. The fourth-order valence-electron chi connectivity index (χ4n) is 2.51. The quantitative estimate of drug-likeness (QED) is 0.695. The van der Waals surface area contributed by atoms with E-state index in [0.717, 1.165) is 23.4 Å². The maximum Gasteiger partial charge on any atom is 0.256 e. The third kappa shape index (κ3) is 4.44. The van der Waals surface area contributed by atoms with Gasteiger partial charge in [0, 0.05) is 11.3 Å². The highest BCUT2D eigenvalue weighted by Gasteiger charge is 2.06. The van der Waals surface area contributed by atoms with Crippen LogP contribution in [0.4, 0.5) is 17.2 Å². The Bertz CT molecular complexity index is 855. The van der Waals surface area contributed by atoms with Gasteiger partial charge in [0.1, 0.15) is 5.82 Å². The highest BCUT2D eigenvalue weighted by atomic mass is 16.1. The molecule has 0 unspecified atom stereocenters. The summed E-state index contributed by atoms with van der Waals surface area (Å²) in [5.41, 5.74) is 4.86. The second-order valence-electron chi connectivity index (χ2n) is 5.93. The molecule has 0 radical (unpaired) electrons. The molecule has 1 aromatic heterocycles. The Labute approximate surface area is 147 Å². The summed E-state index contributed by atoms with van der Waals surface area (Å²) in [5.74, 6) is 0.366. The maximum absolute atomic E-state index is 12.2. The second kappa shape index (κ2) is 7.62. The van der Waals surface area contributed by atoms with Crippen LogP contribution in [-0.4, -0.2) is 10.9 Å². The monoisotopic (exact) mass is 331 g/mol. The van der Waals surface area contributed by atoms with E-state index >= 15 is 0 Å². The molecule has 3 rings (SSSR count). The first-order valence-electron chi connectivity index (χ1n) is 8.34. The maximum atomic E-state index is 12.2. The van der Waals surface area contributed by atoms with E-state index in [4.69, 9.17) is 0 Å². The molecule has 3 aromatic rings. The minimum atomic E-state index is -0.160. The van der Waals surface area contributed by atoms with Crippen molar-refractivity contribution in [3.63, 3.8) is 0 Å². The van der Waals surface area contributed by atoms with Crippen molar-refractivity contribution in [3.05, 3.63) is 83.6 Å². The van der Waals surface area contributed by atoms with Crippen LogP contribution >= 0.6 is 0 Å². The summed E-state index contributed by atoms with van der Waals surface area (Å²) in [7, 11) is 0. The van der Waals surface area contributed by atoms with Crippen molar-refractivity contribution in [2.45, 2.75) is 20.3 Å². The van der Waals surface area contributed by atoms with Crippen LogP contribution in [0.1, 0.15) is 28.4 Å². The summed E-state index contributed by atoms with van der Waals surface area (Å²) in [6.45, 7) is 4.10. The molecule has 4 heteroatoms. The zero-order chi connectivity index (χ0) is 17.6. The largest absolute Gasteiger partial charge is 0.354 e. The van der Waals surface area contributed by atoms with E-state index in [2.05, 4.69) is 34.7 Å². The Balaban J connectivity index is 1.64. The number of nitrogens with zero attached hydrogens (tertiary/aromatic N) is 1. The van der Waals surface area contributed by atoms with Crippen molar-refractivity contribution in [1.29, 1.82) is 0 Å². The van der Waals surface area contributed by atoms with Crippen LogP contribution in [-0.2, 0) is 6.42 Å². The molecular formula is C21H21N3O. The average Bonchev–Trinajstić information content (AvgIpc) is 2.64. The molecule has 2 aromatic carbocycles. The van der Waals surface area contributed by atoms with Crippen molar-refractivity contribution < 1.29 is 4.79 Å². The smallest absolute Gasteiger partial charge is 0.256 e. The Morgan fingerprint density at radius 3 is 2.40 bits per heavy atom. The molecule has 25 heavy (non-hydrogen) atoms. The number of nitrogens with one attached hydrogen (secondary N) is 2. The Morgan fingerprint density at radius 2 is 1.76 bits per heavy atom. The zero-order valence-corrected chi connectivity index (χ0v) is 14.4. The summed E-state index contributed by atoms with van der Waals surface area (Å²) >= 11 is 0. The van der Waals surface area contributed by atoms with Crippen molar-refractivity contribution >= 4 is 23.1 Å². The summed E-state index contributed by atoms with van der Waals surface area (Å²) in [6, 6.07) is 19.5. The SMILES string of the molecule is CCc1ccc(Nc2ccc(NC(=O)c3cccc(C)c3)nc2)cc1. The number of aryl methyl sites for hydroxylation is 2. The Kier molecular flexibility index (Phi) is 5.09. The molecule has 0 aliphatic heterocycles. The normalized spacial score (nSPS) is 10.3. The number of carbonyl (C=O) groups is 1. The molecule has 2 N–H and O–H groups in total. The lowest BCUT2D eigenvalue weighted by molar-refractivity contribution is 0.102. The van der Waals surface area contributed by atoms with Gasteiger partial charge in [-0.05, 0) is 55.3 Å². The Morgan fingerprint density at radius 1 is 1.00 bits per heavy atom. The molecule has 1 heterocycles. The molecule has 0 fully saturated rings. The third-order valence-corrected chi connectivity index (χ3v) is 3.94. The molecular weight excluding hydrogens is 310 g/mol. The van der Waals surface area contributed by atoms with Gasteiger partial charge in [0.25, 0.3) is 5.91 Å². The highest BCUT2D eigenvalue weighted by molar-refractivity contribution is 6.03. The van der Waals surface area contributed by atoms with Gasteiger partial charge in [0.15, 0.2) is 0 Å². The molecule has 0 atom stereocenters. The number of hydrogen-bond acceptors (Lipinski definition) is 3. The predicted molar refractivity (Wildman–Crippen MR) is 102 cm³/mol. The van der Waals surface area contributed by atoms with Crippen molar-refractivity contribution in [1.82, 2.24) is 4.98 Å². The molecule has 0 bridgehead atoms. The summed E-state index contributed by atoms with van der Waals surface area (Å²) in [5, 5.41) is 6.11. The average molecular weight is 331 g/mol. The molecule has 0 aliphatic carbocycles. The van der Waals surface area contributed by atoms with Gasteiger partial charge in [-0.15, -0.1) is 0 Å². The molecule has 4 nitrogen and oxygen atoms in total. The Hall–Kier alpha value is -3.14. The van der Waals surface area contributed by atoms with Gasteiger partial charge in [-0.3, -0.25) is 4.79 Å². The minimum absolute atomic E-state index is 0.160. The third-order valence-electron chi connectivity index (χ3n) is 3.94. The van der Waals surface area contributed by atoms with Gasteiger partial charge >= 0.3 is 0 Å². The van der Waals surface area contributed by atoms with E-state index in [1.54, 1.807) is 18.3 Å². The van der Waals surface area contributed by atoms with Gasteiger partial charge in [-0.2, -0.15) is 0 Å². The van der Waals surface area contributed by atoms with Crippen molar-refractivity contribution in [2.24, 2.45) is 0 Å². The number of carbonyl (C=O) groups excluding carboxylic acids is 1. The lowest BCUT2D eigenvalue weighted by atomic mass is 10.1. The van der Waals surface area contributed by atoms with Gasteiger partial charge in [-0.25, -0.2) is 4.98 Å². The van der Waals surface area contributed by atoms with Crippen molar-refractivity contribution in [2.75, 3.05) is 10.6 Å². The van der Waals surface area contributed by atoms with E-state index < -0.39 is 0 Å². The summed E-state index contributed by atoms with van der Waals surface area (Å²) in [6.07, 6.45) is 2.73. The standard InChI is InChI=1S/C21H21N3O/c1-3-16-7-9-18(10-8-16)23-19-11-12-20(22-14-19)24-21(25)17-6-4-5-15(2)13-17/h4-14,23H,3H2,1-2H3,(H,22,24,25). The first-order valence-corrected chi connectivity index (χ1v) is 8.34. The van der Waals surface area contributed by atoms with Crippen LogP contribution in [0.15, 0.2) is 66.9 Å².